The normalized spacial score (nSPS) is 13.1. The van der Waals surface area contributed by atoms with Gasteiger partial charge in [-0.2, -0.15) is 0 Å². The lowest BCUT2D eigenvalue weighted by molar-refractivity contribution is 0.174. The molecular weight excluding hydrogens is 236 g/mol. The Morgan fingerprint density at radius 2 is 2.18 bits per heavy atom. The molecule has 0 aliphatic carbocycles. The monoisotopic (exact) mass is 248 g/mol. The molecule has 88 valence electrons. The third kappa shape index (κ3) is 1.77. The lowest BCUT2D eigenvalue weighted by Gasteiger charge is -1.98. The topological polar surface area (TPSA) is 57.4 Å². The van der Waals surface area contributed by atoms with E-state index in [1.165, 1.54) is 0 Å². The molecule has 0 amide bonds. The van der Waals surface area contributed by atoms with Crippen molar-refractivity contribution in [1.82, 2.24) is 4.98 Å². The van der Waals surface area contributed by atoms with Crippen molar-refractivity contribution >= 4 is 11.3 Å². The SMILES string of the molecule is Cc1nc(-c2ccc3c(c2)OCO3)sc1CN. The Morgan fingerprint density at radius 1 is 1.35 bits per heavy atom. The van der Waals surface area contributed by atoms with Crippen molar-refractivity contribution in [2.45, 2.75) is 13.5 Å². The van der Waals surface area contributed by atoms with Crippen LogP contribution in [0.2, 0.25) is 0 Å². The Balaban J connectivity index is 2.03. The van der Waals surface area contributed by atoms with Gasteiger partial charge in [0, 0.05) is 17.0 Å². The number of aryl methyl sites for hydroxylation is 1. The third-order valence-corrected chi connectivity index (χ3v) is 3.93. The van der Waals surface area contributed by atoms with Crippen LogP contribution in [0.25, 0.3) is 10.6 Å². The van der Waals surface area contributed by atoms with Gasteiger partial charge in [0.2, 0.25) is 6.79 Å². The highest BCUT2D eigenvalue weighted by atomic mass is 32.1. The minimum Gasteiger partial charge on any atom is -0.454 e. The molecule has 2 aromatic rings. The van der Waals surface area contributed by atoms with Gasteiger partial charge in [0.15, 0.2) is 11.5 Å². The molecule has 1 aliphatic heterocycles. The zero-order chi connectivity index (χ0) is 11.8. The van der Waals surface area contributed by atoms with Crippen molar-refractivity contribution in [3.8, 4) is 22.1 Å². The summed E-state index contributed by atoms with van der Waals surface area (Å²) in [6.45, 7) is 2.81. The molecule has 0 radical (unpaired) electrons. The van der Waals surface area contributed by atoms with E-state index in [-0.39, 0.29) is 0 Å². The highest BCUT2D eigenvalue weighted by Gasteiger charge is 2.15. The zero-order valence-corrected chi connectivity index (χ0v) is 10.2. The fourth-order valence-corrected chi connectivity index (χ4v) is 2.71. The van der Waals surface area contributed by atoms with Gasteiger partial charge in [-0.05, 0) is 25.1 Å². The maximum Gasteiger partial charge on any atom is 0.231 e. The Kier molecular flexibility index (Phi) is 2.49. The first-order chi connectivity index (χ1) is 8.28. The van der Waals surface area contributed by atoms with E-state index < -0.39 is 0 Å². The van der Waals surface area contributed by atoms with Crippen molar-refractivity contribution in [2.24, 2.45) is 5.73 Å². The Bertz CT molecular complexity index is 566. The first-order valence-corrected chi connectivity index (χ1v) is 6.16. The first-order valence-electron chi connectivity index (χ1n) is 5.34. The second-order valence-corrected chi connectivity index (χ2v) is 4.88. The molecule has 0 saturated carbocycles. The van der Waals surface area contributed by atoms with Crippen LogP contribution in [-0.2, 0) is 6.54 Å². The van der Waals surface area contributed by atoms with Gasteiger partial charge < -0.3 is 15.2 Å². The van der Waals surface area contributed by atoms with Crippen LogP contribution < -0.4 is 15.2 Å². The zero-order valence-electron chi connectivity index (χ0n) is 9.40. The Hall–Kier alpha value is -1.59. The number of ether oxygens (including phenoxy) is 2. The fourth-order valence-electron chi connectivity index (χ4n) is 1.77. The van der Waals surface area contributed by atoms with Crippen LogP contribution in [0.1, 0.15) is 10.6 Å². The van der Waals surface area contributed by atoms with Crippen molar-refractivity contribution in [3.63, 3.8) is 0 Å². The number of aromatic nitrogens is 1. The van der Waals surface area contributed by atoms with E-state index in [0.29, 0.717) is 13.3 Å². The average Bonchev–Trinajstić information content (AvgIpc) is 2.93. The lowest BCUT2D eigenvalue weighted by atomic mass is 10.2. The molecule has 0 spiro atoms. The summed E-state index contributed by atoms with van der Waals surface area (Å²) in [4.78, 5) is 5.64. The molecule has 17 heavy (non-hydrogen) atoms. The molecule has 0 fully saturated rings. The molecule has 2 heterocycles. The van der Waals surface area contributed by atoms with E-state index in [1.807, 2.05) is 25.1 Å². The van der Waals surface area contributed by atoms with Crippen LogP contribution in [0.15, 0.2) is 18.2 Å². The van der Waals surface area contributed by atoms with Gasteiger partial charge in [0.1, 0.15) is 5.01 Å². The average molecular weight is 248 g/mol. The molecule has 1 aromatic carbocycles. The van der Waals surface area contributed by atoms with Gasteiger partial charge >= 0.3 is 0 Å². The predicted octanol–water partition coefficient (Wildman–Crippen LogP) is 2.31. The Labute approximate surface area is 103 Å². The maximum atomic E-state index is 5.66. The van der Waals surface area contributed by atoms with Crippen LogP contribution in [0.3, 0.4) is 0 Å². The van der Waals surface area contributed by atoms with E-state index in [2.05, 4.69) is 4.98 Å². The van der Waals surface area contributed by atoms with Crippen LogP contribution in [-0.4, -0.2) is 11.8 Å². The third-order valence-electron chi connectivity index (χ3n) is 2.70. The number of nitrogens with zero attached hydrogens (tertiary/aromatic N) is 1. The summed E-state index contributed by atoms with van der Waals surface area (Å²) in [6, 6.07) is 5.86. The second kappa shape index (κ2) is 4.01. The molecule has 3 rings (SSSR count). The standard InChI is InChI=1S/C12H12N2O2S/c1-7-11(5-13)17-12(14-7)8-2-3-9-10(4-8)16-6-15-9/h2-4H,5-6,13H2,1H3. The minimum atomic E-state index is 0.295. The van der Waals surface area contributed by atoms with Gasteiger partial charge in [-0.25, -0.2) is 4.98 Å². The van der Waals surface area contributed by atoms with Crippen LogP contribution in [0, 0.1) is 6.92 Å². The number of thiazole rings is 1. The van der Waals surface area contributed by atoms with E-state index in [9.17, 15) is 0 Å². The molecule has 4 nitrogen and oxygen atoms in total. The molecule has 0 bridgehead atoms. The van der Waals surface area contributed by atoms with E-state index in [0.717, 1.165) is 32.6 Å². The fraction of sp³-hybridized carbons (Fsp3) is 0.250. The lowest BCUT2D eigenvalue weighted by Crippen LogP contribution is -1.94. The maximum absolute atomic E-state index is 5.66. The molecule has 1 aliphatic rings. The minimum absolute atomic E-state index is 0.295. The van der Waals surface area contributed by atoms with E-state index in [4.69, 9.17) is 15.2 Å². The number of nitrogens with two attached hydrogens (primary N) is 1. The van der Waals surface area contributed by atoms with Gasteiger partial charge in [0.05, 0.1) is 5.69 Å². The molecule has 2 N–H and O–H groups in total. The molecule has 0 atom stereocenters. The second-order valence-electron chi connectivity index (χ2n) is 3.80. The molecular formula is C12H12N2O2S. The summed E-state index contributed by atoms with van der Waals surface area (Å²) >= 11 is 1.63. The highest BCUT2D eigenvalue weighted by Crippen LogP contribution is 2.37. The van der Waals surface area contributed by atoms with Gasteiger partial charge in [-0.15, -0.1) is 11.3 Å². The molecule has 1 aromatic heterocycles. The van der Waals surface area contributed by atoms with Crippen LogP contribution >= 0.6 is 11.3 Å². The van der Waals surface area contributed by atoms with Crippen molar-refractivity contribution in [3.05, 3.63) is 28.8 Å². The number of benzene rings is 1. The van der Waals surface area contributed by atoms with Crippen molar-refractivity contribution < 1.29 is 9.47 Å². The summed E-state index contributed by atoms with van der Waals surface area (Å²) in [5, 5.41) is 0.973. The largest absolute Gasteiger partial charge is 0.454 e. The summed E-state index contributed by atoms with van der Waals surface area (Å²) in [5.74, 6) is 1.57. The molecule has 5 heteroatoms. The van der Waals surface area contributed by atoms with Gasteiger partial charge in [0.25, 0.3) is 0 Å². The Morgan fingerprint density at radius 3 is 2.94 bits per heavy atom. The summed E-state index contributed by atoms with van der Waals surface area (Å²) in [5.41, 5.74) is 7.71. The molecule has 0 unspecified atom stereocenters. The highest BCUT2D eigenvalue weighted by molar-refractivity contribution is 7.15. The summed E-state index contributed by atoms with van der Waals surface area (Å²) in [6.07, 6.45) is 0. The van der Waals surface area contributed by atoms with Crippen molar-refractivity contribution in [2.75, 3.05) is 6.79 Å². The van der Waals surface area contributed by atoms with Gasteiger partial charge in [-0.3, -0.25) is 0 Å². The number of hydrogen-bond donors (Lipinski definition) is 1. The smallest absolute Gasteiger partial charge is 0.231 e. The van der Waals surface area contributed by atoms with Crippen molar-refractivity contribution in [1.29, 1.82) is 0 Å². The van der Waals surface area contributed by atoms with E-state index >= 15 is 0 Å². The number of fused-ring (bicyclic) bond motifs is 1. The number of hydrogen-bond acceptors (Lipinski definition) is 5. The summed E-state index contributed by atoms with van der Waals surface area (Å²) in [7, 11) is 0. The van der Waals surface area contributed by atoms with Crippen LogP contribution in [0.4, 0.5) is 0 Å². The van der Waals surface area contributed by atoms with Gasteiger partial charge in [-0.1, -0.05) is 0 Å². The molecule has 0 saturated heterocycles. The quantitative estimate of drug-likeness (QED) is 0.886. The van der Waals surface area contributed by atoms with E-state index in [1.54, 1.807) is 11.3 Å². The predicted molar refractivity (Wildman–Crippen MR) is 66.3 cm³/mol. The first kappa shape index (κ1) is 10.6. The van der Waals surface area contributed by atoms with Crippen LogP contribution in [0.5, 0.6) is 11.5 Å². The number of rotatable bonds is 2. The summed E-state index contributed by atoms with van der Waals surface area (Å²) < 4.78 is 10.6.